The Morgan fingerprint density at radius 1 is 1.07 bits per heavy atom. The van der Waals surface area contributed by atoms with Gasteiger partial charge in [-0.05, 0) is 30.7 Å². The van der Waals surface area contributed by atoms with Crippen LogP contribution in [0.3, 0.4) is 0 Å². The molecule has 0 aliphatic rings. The monoisotopic (exact) mass is 445 g/mol. The second kappa shape index (κ2) is 8.43. The van der Waals surface area contributed by atoms with Crippen LogP contribution in [0.1, 0.15) is 12.1 Å². The summed E-state index contributed by atoms with van der Waals surface area (Å²) in [5.41, 5.74) is 0.572. The molecule has 154 valence electrons. The molecule has 0 atom stereocenters. The first-order valence-corrected chi connectivity index (χ1v) is 9.94. The molecule has 0 saturated carbocycles. The highest BCUT2D eigenvalue weighted by atomic mass is 35.5. The number of H-pyrrole nitrogens is 1. The van der Waals surface area contributed by atoms with Crippen LogP contribution in [0.25, 0.3) is 22.6 Å². The number of aliphatic hydroxyl groups excluding tert-OH is 1. The number of nitrogens with zero attached hydrogens (tertiary/aromatic N) is 4. The molecule has 2 N–H and O–H groups in total. The second-order valence-corrected chi connectivity index (χ2v) is 7.47. The number of aromatic nitrogens is 5. The van der Waals surface area contributed by atoms with Crippen LogP contribution in [0, 0.1) is 0 Å². The third-order valence-corrected chi connectivity index (χ3v) is 5.20. The molecule has 10 heteroatoms. The van der Waals surface area contributed by atoms with E-state index in [1.807, 2.05) is 6.07 Å². The van der Waals surface area contributed by atoms with Crippen molar-refractivity contribution in [1.29, 1.82) is 0 Å². The van der Waals surface area contributed by atoms with Crippen molar-refractivity contribution >= 4 is 34.4 Å². The van der Waals surface area contributed by atoms with Gasteiger partial charge in [0.25, 0.3) is 5.56 Å². The number of hydrogen-bond acceptors (Lipinski definition) is 5. The van der Waals surface area contributed by atoms with E-state index in [1.54, 1.807) is 34.9 Å². The summed E-state index contributed by atoms with van der Waals surface area (Å²) in [7, 11) is 0. The summed E-state index contributed by atoms with van der Waals surface area (Å²) in [6.07, 6.45) is 1.80. The Hall–Kier alpha value is -2.94. The molecule has 4 rings (SSSR count). The molecule has 0 aliphatic carbocycles. The molecule has 0 unspecified atom stereocenters. The summed E-state index contributed by atoms with van der Waals surface area (Å²) in [6.45, 7) is 0.171. The van der Waals surface area contributed by atoms with Crippen LogP contribution >= 0.6 is 23.2 Å². The molecular formula is C20H17Cl2N5O3. The van der Waals surface area contributed by atoms with E-state index in [9.17, 15) is 9.59 Å². The first-order valence-electron chi connectivity index (χ1n) is 9.19. The number of benzene rings is 1. The molecule has 0 aliphatic heterocycles. The van der Waals surface area contributed by atoms with Crippen LogP contribution in [-0.4, -0.2) is 35.8 Å². The maximum absolute atomic E-state index is 13.2. The number of nitrogens with one attached hydrogen (secondary N) is 1. The third-order valence-electron chi connectivity index (χ3n) is 4.65. The van der Waals surface area contributed by atoms with Gasteiger partial charge >= 0.3 is 5.69 Å². The van der Waals surface area contributed by atoms with Gasteiger partial charge in [-0.1, -0.05) is 35.3 Å². The molecule has 8 nitrogen and oxygen atoms in total. The van der Waals surface area contributed by atoms with Gasteiger partial charge in [-0.15, -0.1) is 0 Å². The van der Waals surface area contributed by atoms with Gasteiger partial charge in [-0.3, -0.25) is 19.3 Å². The van der Waals surface area contributed by atoms with Crippen LogP contribution in [0.4, 0.5) is 0 Å². The number of hydrogen-bond donors (Lipinski definition) is 2. The van der Waals surface area contributed by atoms with Crippen LogP contribution < -0.4 is 11.2 Å². The smallest absolute Gasteiger partial charge is 0.330 e. The van der Waals surface area contributed by atoms with Gasteiger partial charge < -0.3 is 9.67 Å². The van der Waals surface area contributed by atoms with Crippen LogP contribution in [0.5, 0.6) is 0 Å². The minimum Gasteiger partial charge on any atom is -0.396 e. The van der Waals surface area contributed by atoms with Crippen molar-refractivity contribution in [3.8, 4) is 11.4 Å². The molecule has 0 bridgehead atoms. The molecule has 0 amide bonds. The Labute approximate surface area is 180 Å². The maximum atomic E-state index is 13.2. The lowest BCUT2D eigenvalue weighted by Gasteiger charge is -2.10. The normalized spacial score (nSPS) is 11.3. The summed E-state index contributed by atoms with van der Waals surface area (Å²) >= 11 is 12.3. The van der Waals surface area contributed by atoms with Gasteiger partial charge in [-0.2, -0.15) is 0 Å². The van der Waals surface area contributed by atoms with Crippen LogP contribution in [-0.2, 0) is 13.1 Å². The highest BCUT2D eigenvalue weighted by Crippen LogP contribution is 2.29. The van der Waals surface area contributed by atoms with E-state index in [4.69, 9.17) is 28.3 Å². The van der Waals surface area contributed by atoms with Gasteiger partial charge in [0.1, 0.15) is 5.82 Å². The zero-order valence-corrected chi connectivity index (χ0v) is 17.2. The lowest BCUT2D eigenvalue weighted by Crippen LogP contribution is -2.36. The van der Waals surface area contributed by atoms with Crippen molar-refractivity contribution in [1.82, 2.24) is 24.1 Å². The standard InChI is InChI=1S/C20H17Cl2N5O3/c21-12-6-7-13(23-10-12)11-27-16-17(24-18(27)14-4-1-2-5-15(14)22)25-20(30)26(19(16)29)8-3-9-28/h1-2,4-7,10,28H,3,8-9,11H2,(H,25,30). The second-order valence-electron chi connectivity index (χ2n) is 6.63. The molecule has 0 spiro atoms. The molecule has 30 heavy (non-hydrogen) atoms. The van der Waals surface area contributed by atoms with E-state index in [0.717, 1.165) is 4.57 Å². The minimum absolute atomic E-state index is 0.0897. The third kappa shape index (κ3) is 3.77. The number of aromatic amines is 1. The fourth-order valence-corrected chi connectivity index (χ4v) is 3.57. The largest absolute Gasteiger partial charge is 0.396 e. The average molecular weight is 446 g/mol. The predicted octanol–water partition coefficient (Wildman–Crippen LogP) is 2.69. The summed E-state index contributed by atoms with van der Waals surface area (Å²) in [6, 6.07) is 10.6. The molecule has 0 radical (unpaired) electrons. The van der Waals surface area contributed by atoms with Crippen molar-refractivity contribution in [3.63, 3.8) is 0 Å². The molecular weight excluding hydrogens is 429 g/mol. The highest BCUT2D eigenvalue weighted by molar-refractivity contribution is 6.33. The fourth-order valence-electron chi connectivity index (χ4n) is 3.24. The molecule has 4 aromatic rings. The topological polar surface area (TPSA) is 106 Å². The maximum Gasteiger partial charge on any atom is 0.330 e. The Morgan fingerprint density at radius 3 is 2.57 bits per heavy atom. The summed E-state index contributed by atoms with van der Waals surface area (Å²) in [5.74, 6) is 0.431. The van der Waals surface area contributed by atoms with Gasteiger partial charge in [0.2, 0.25) is 0 Å². The number of fused-ring (bicyclic) bond motifs is 1. The van der Waals surface area contributed by atoms with Crippen molar-refractivity contribution in [2.45, 2.75) is 19.5 Å². The Balaban J connectivity index is 1.99. The van der Waals surface area contributed by atoms with Crippen LogP contribution in [0.2, 0.25) is 10.0 Å². The van der Waals surface area contributed by atoms with Gasteiger partial charge in [0, 0.05) is 24.9 Å². The fraction of sp³-hybridized carbons (Fsp3) is 0.200. The summed E-state index contributed by atoms with van der Waals surface area (Å²) in [5, 5.41) is 10.1. The molecule has 0 saturated heterocycles. The predicted molar refractivity (Wildman–Crippen MR) is 115 cm³/mol. The van der Waals surface area contributed by atoms with Gasteiger partial charge in [0.15, 0.2) is 11.2 Å². The Kier molecular flexibility index (Phi) is 5.72. The van der Waals surface area contributed by atoms with Crippen LogP contribution in [0.15, 0.2) is 52.2 Å². The van der Waals surface area contributed by atoms with E-state index in [0.29, 0.717) is 27.1 Å². The number of rotatable bonds is 6. The number of aliphatic hydroxyl groups is 1. The zero-order chi connectivity index (χ0) is 21.3. The lowest BCUT2D eigenvalue weighted by atomic mass is 10.2. The summed E-state index contributed by atoms with van der Waals surface area (Å²) in [4.78, 5) is 37.1. The Bertz CT molecular complexity index is 1330. The highest BCUT2D eigenvalue weighted by Gasteiger charge is 2.20. The van der Waals surface area contributed by atoms with Crippen molar-refractivity contribution < 1.29 is 5.11 Å². The number of halogens is 2. The molecule has 1 aromatic carbocycles. The minimum atomic E-state index is -0.582. The van der Waals surface area contributed by atoms with E-state index in [-0.39, 0.29) is 37.3 Å². The molecule has 3 heterocycles. The van der Waals surface area contributed by atoms with Crippen molar-refractivity contribution in [2.24, 2.45) is 0 Å². The first kappa shape index (κ1) is 20.3. The SMILES string of the molecule is O=c1[nH]c2nc(-c3ccccc3Cl)n(Cc3ccc(Cl)cn3)c2c(=O)n1CCCO. The van der Waals surface area contributed by atoms with E-state index < -0.39 is 11.2 Å². The van der Waals surface area contributed by atoms with E-state index >= 15 is 0 Å². The first-order chi connectivity index (χ1) is 14.5. The average Bonchev–Trinajstić information content (AvgIpc) is 3.07. The quantitative estimate of drug-likeness (QED) is 0.474. The Morgan fingerprint density at radius 2 is 1.87 bits per heavy atom. The zero-order valence-electron chi connectivity index (χ0n) is 15.7. The number of pyridine rings is 1. The van der Waals surface area contributed by atoms with E-state index in [2.05, 4.69) is 15.0 Å². The number of imidazole rings is 1. The van der Waals surface area contributed by atoms with Gasteiger partial charge in [-0.25, -0.2) is 9.78 Å². The summed E-state index contributed by atoms with van der Waals surface area (Å²) < 4.78 is 2.74. The van der Waals surface area contributed by atoms with Crippen molar-refractivity contribution in [2.75, 3.05) is 6.61 Å². The van der Waals surface area contributed by atoms with Gasteiger partial charge in [0.05, 0.1) is 22.3 Å². The molecule has 0 fully saturated rings. The molecule has 3 aromatic heterocycles. The van der Waals surface area contributed by atoms with Crippen molar-refractivity contribution in [3.05, 3.63) is 79.2 Å². The van der Waals surface area contributed by atoms with E-state index in [1.165, 1.54) is 6.20 Å². The lowest BCUT2D eigenvalue weighted by molar-refractivity contribution is 0.278.